The average Bonchev–Trinajstić information content (AvgIpc) is 2.92. The monoisotopic (exact) mass is 518 g/mol. The Morgan fingerprint density at radius 1 is 1.08 bits per heavy atom. The van der Waals surface area contributed by atoms with E-state index in [2.05, 4.69) is 50.9 Å². The van der Waals surface area contributed by atoms with Crippen LogP contribution in [0.5, 0.6) is 5.75 Å². The van der Waals surface area contributed by atoms with Crippen LogP contribution in [0.3, 0.4) is 0 Å². The summed E-state index contributed by atoms with van der Waals surface area (Å²) in [7, 11) is 2.12. The van der Waals surface area contributed by atoms with Crippen LogP contribution in [-0.2, 0) is 4.79 Å². The fraction of sp³-hybridized carbons (Fsp3) is 0.414. The fourth-order valence-corrected chi connectivity index (χ4v) is 4.83. The molecule has 0 radical (unpaired) electrons. The van der Waals surface area contributed by atoms with Crippen LogP contribution >= 0.6 is 0 Å². The molecular formula is C29H35FN6O2. The second-order valence-electron chi connectivity index (χ2n) is 10.3. The molecule has 4 heterocycles. The van der Waals surface area contributed by atoms with Crippen LogP contribution < -0.4 is 15.0 Å². The molecule has 2 aliphatic heterocycles. The number of halogens is 1. The molecule has 0 atom stereocenters. The highest BCUT2D eigenvalue weighted by atomic mass is 19.1. The van der Waals surface area contributed by atoms with E-state index in [0.717, 1.165) is 49.7 Å². The van der Waals surface area contributed by atoms with Crippen LogP contribution in [0.4, 0.5) is 21.6 Å². The quantitative estimate of drug-likeness (QED) is 0.493. The summed E-state index contributed by atoms with van der Waals surface area (Å²) in [5.41, 5.74) is 3.73. The zero-order chi connectivity index (χ0) is 26.6. The van der Waals surface area contributed by atoms with Crippen LogP contribution in [0.1, 0.15) is 31.7 Å². The van der Waals surface area contributed by atoms with Gasteiger partial charge in [-0.3, -0.25) is 9.78 Å². The molecular weight excluding hydrogens is 483 g/mol. The van der Waals surface area contributed by atoms with Gasteiger partial charge in [-0.15, -0.1) is 0 Å². The number of hydrogen-bond acceptors (Lipinski definition) is 7. The third-order valence-corrected chi connectivity index (χ3v) is 7.22. The van der Waals surface area contributed by atoms with E-state index < -0.39 is 0 Å². The predicted molar refractivity (Wildman–Crippen MR) is 148 cm³/mol. The first-order chi connectivity index (χ1) is 18.4. The summed E-state index contributed by atoms with van der Waals surface area (Å²) in [4.78, 5) is 28.2. The third-order valence-electron chi connectivity index (χ3n) is 7.22. The number of likely N-dealkylation sites (N-methyl/N-ethyl adjacent to an activating group) is 1. The second-order valence-corrected chi connectivity index (χ2v) is 10.3. The number of rotatable bonds is 7. The van der Waals surface area contributed by atoms with Crippen molar-refractivity contribution >= 4 is 23.1 Å². The molecule has 3 aromatic rings. The SMILES string of the molecule is CC(C)c1ccc(F)c(-c2cc3c(cn2)OCCN3c2ccnc(NC(=O)CCN3CCN(C)CC3)c2)c1. The van der Waals surface area contributed by atoms with E-state index in [1.165, 1.54) is 6.07 Å². The van der Waals surface area contributed by atoms with Gasteiger partial charge in [-0.1, -0.05) is 19.9 Å². The van der Waals surface area contributed by atoms with Gasteiger partial charge in [-0.05, 0) is 42.8 Å². The van der Waals surface area contributed by atoms with E-state index >= 15 is 0 Å². The molecule has 1 amide bonds. The maximum atomic E-state index is 14.8. The van der Waals surface area contributed by atoms with Gasteiger partial charge in [-0.2, -0.15) is 0 Å². The van der Waals surface area contributed by atoms with Gasteiger partial charge in [0.25, 0.3) is 0 Å². The highest BCUT2D eigenvalue weighted by Gasteiger charge is 2.23. The second kappa shape index (κ2) is 11.4. The fourth-order valence-electron chi connectivity index (χ4n) is 4.83. The number of pyridine rings is 2. The van der Waals surface area contributed by atoms with Crippen molar-refractivity contribution in [1.29, 1.82) is 0 Å². The van der Waals surface area contributed by atoms with E-state index in [9.17, 15) is 9.18 Å². The van der Waals surface area contributed by atoms with E-state index in [4.69, 9.17) is 4.74 Å². The summed E-state index contributed by atoms with van der Waals surface area (Å²) in [6.45, 7) is 10.0. The Labute approximate surface area is 223 Å². The number of nitrogens with one attached hydrogen (secondary N) is 1. The first-order valence-corrected chi connectivity index (χ1v) is 13.2. The highest BCUT2D eigenvalue weighted by Crippen LogP contribution is 2.39. The Bertz CT molecular complexity index is 1290. The molecule has 5 rings (SSSR count). The van der Waals surface area contributed by atoms with Crippen LogP contribution in [0.25, 0.3) is 11.3 Å². The molecule has 8 nitrogen and oxygen atoms in total. The largest absolute Gasteiger partial charge is 0.488 e. The zero-order valence-corrected chi connectivity index (χ0v) is 22.3. The highest BCUT2D eigenvalue weighted by molar-refractivity contribution is 5.90. The maximum Gasteiger partial charge on any atom is 0.226 e. The number of aromatic nitrogens is 2. The minimum absolute atomic E-state index is 0.0528. The summed E-state index contributed by atoms with van der Waals surface area (Å²) in [5, 5.41) is 2.95. The third kappa shape index (κ3) is 5.95. The van der Waals surface area contributed by atoms with Gasteiger partial charge in [0.05, 0.1) is 24.1 Å². The van der Waals surface area contributed by atoms with Crippen LogP contribution in [0.15, 0.2) is 48.8 Å². The van der Waals surface area contributed by atoms with Crippen molar-refractivity contribution in [2.45, 2.75) is 26.2 Å². The van der Waals surface area contributed by atoms with Crippen molar-refractivity contribution in [2.75, 3.05) is 63.1 Å². The van der Waals surface area contributed by atoms with Crippen LogP contribution in [-0.4, -0.2) is 78.6 Å². The molecule has 38 heavy (non-hydrogen) atoms. The number of ether oxygens (including phenoxy) is 1. The number of fused-ring (bicyclic) bond motifs is 1. The van der Waals surface area contributed by atoms with Crippen molar-refractivity contribution in [2.24, 2.45) is 0 Å². The summed E-state index contributed by atoms with van der Waals surface area (Å²) in [5.74, 6) is 1.05. The van der Waals surface area contributed by atoms with Crippen molar-refractivity contribution in [1.82, 2.24) is 19.8 Å². The summed E-state index contributed by atoms with van der Waals surface area (Å²) >= 11 is 0. The summed E-state index contributed by atoms with van der Waals surface area (Å²) in [6, 6.07) is 10.8. The number of nitrogens with zero attached hydrogens (tertiary/aromatic N) is 5. The van der Waals surface area contributed by atoms with Crippen LogP contribution in [0, 0.1) is 5.82 Å². The minimum Gasteiger partial charge on any atom is -0.488 e. The molecule has 0 saturated carbocycles. The van der Waals surface area contributed by atoms with Gasteiger partial charge in [0.15, 0.2) is 5.75 Å². The standard InChI is InChI=1S/C29H35FN6O2/c1-20(2)21-4-5-24(30)23(16-21)25-18-26-27(19-32-25)38-15-14-36(26)22-6-8-31-28(17-22)33-29(37)7-9-35-12-10-34(3)11-13-35/h4-6,8,16-20H,7,9-15H2,1-3H3,(H,31,33,37). The molecule has 2 aromatic heterocycles. The lowest BCUT2D eigenvalue weighted by Gasteiger charge is -2.32. The zero-order valence-electron chi connectivity index (χ0n) is 22.3. The van der Waals surface area contributed by atoms with Gasteiger partial charge in [0.2, 0.25) is 5.91 Å². The Kier molecular flexibility index (Phi) is 7.85. The Hall–Kier alpha value is -3.56. The molecule has 0 bridgehead atoms. The number of hydrogen-bond donors (Lipinski definition) is 1. The molecule has 200 valence electrons. The number of benzene rings is 1. The van der Waals surface area contributed by atoms with Crippen molar-refractivity contribution in [3.63, 3.8) is 0 Å². The summed E-state index contributed by atoms with van der Waals surface area (Å²) < 4.78 is 20.7. The summed E-state index contributed by atoms with van der Waals surface area (Å²) in [6.07, 6.45) is 3.76. The Morgan fingerprint density at radius 2 is 1.89 bits per heavy atom. The van der Waals surface area contributed by atoms with Gasteiger partial charge in [-0.25, -0.2) is 9.37 Å². The Morgan fingerprint density at radius 3 is 2.68 bits per heavy atom. The number of piperazine rings is 1. The molecule has 1 fully saturated rings. The lowest BCUT2D eigenvalue weighted by molar-refractivity contribution is -0.116. The number of amides is 1. The van der Waals surface area contributed by atoms with E-state index in [1.807, 2.05) is 30.3 Å². The van der Waals surface area contributed by atoms with Crippen LogP contribution in [0.2, 0.25) is 0 Å². The molecule has 0 unspecified atom stereocenters. The van der Waals surface area contributed by atoms with Gasteiger partial charge in [0.1, 0.15) is 18.2 Å². The molecule has 2 aliphatic rings. The predicted octanol–water partition coefficient (Wildman–Crippen LogP) is 4.51. The normalized spacial score (nSPS) is 16.3. The first kappa shape index (κ1) is 26.1. The van der Waals surface area contributed by atoms with Crippen molar-refractivity contribution in [3.8, 4) is 17.0 Å². The van der Waals surface area contributed by atoms with Crippen molar-refractivity contribution < 1.29 is 13.9 Å². The molecule has 0 spiro atoms. The lowest BCUT2D eigenvalue weighted by atomic mass is 9.98. The molecule has 1 saturated heterocycles. The molecule has 1 aromatic carbocycles. The molecule has 0 aliphatic carbocycles. The van der Waals surface area contributed by atoms with Gasteiger partial charge in [0, 0.05) is 62.7 Å². The number of anilines is 3. The van der Waals surface area contributed by atoms with E-state index in [1.54, 1.807) is 12.4 Å². The maximum absolute atomic E-state index is 14.8. The smallest absolute Gasteiger partial charge is 0.226 e. The number of carbonyl (C=O) groups is 1. The van der Waals surface area contributed by atoms with E-state index in [-0.39, 0.29) is 17.6 Å². The van der Waals surface area contributed by atoms with Crippen molar-refractivity contribution in [3.05, 3.63) is 60.2 Å². The van der Waals surface area contributed by atoms with Gasteiger partial charge >= 0.3 is 0 Å². The topological polar surface area (TPSA) is 73.8 Å². The first-order valence-electron chi connectivity index (χ1n) is 13.2. The van der Waals surface area contributed by atoms with E-state index in [0.29, 0.717) is 42.4 Å². The van der Waals surface area contributed by atoms with Gasteiger partial charge < -0.3 is 24.8 Å². The lowest BCUT2D eigenvalue weighted by Crippen LogP contribution is -2.45. The minimum atomic E-state index is -0.310. The average molecular weight is 519 g/mol. The molecule has 1 N–H and O–H groups in total. The number of carbonyl (C=O) groups excluding carboxylic acids is 1. The Balaban J connectivity index is 1.33. The molecule has 9 heteroatoms.